The molecular weight excluding hydrogens is 268 g/mol. The highest BCUT2D eigenvalue weighted by molar-refractivity contribution is 5.92. The second-order valence-corrected chi connectivity index (χ2v) is 5.41. The highest BCUT2D eigenvalue weighted by Gasteiger charge is 2.14. The summed E-state index contributed by atoms with van der Waals surface area (Å²) in [6.45, 7) is 6.30. The van der Waals surface area contributed by atoms with Crippen molar-refractivity contribution in [3.05, 3.63) is 36.2 Å². The number of Topliss-reactive ketones (excluding diaryl/α,β-unsaturated/α-hetero) is 1. The Hall–Kier alpha value is -1.88. The van der Waals surface area contributed by atoms with Crippen molar-refractivity contribution in [3.8, 4) is 6.01 Å². The summed E-state index contributed by atoms with van der Waals surface area (Å²) in [6.07, 6.45) is 11.0. The van der Waals surface area contributed by atoms with Crippen LogP contribution < -0.4 is 4.74 Å². The lowest BCUT2D eigenvalue weighted by molar-refractivity contribution is 0.0513. The molecule has 0 radical (unpaired) electrons. The zero-order chi connectivity index (χ0) is 15.2. The number of hydrogen-bond donors (Lipinski definition) is 0. The van der Waals surface area contributed by atoms with Gasteiger partial charge in [0.2, 0.25) is 0 Å². The van der Waals surface area contributed by atoms with Crippen molar-refractivity contribution >= 4 is 5.78 Å². The van der Waals surface area contributed by atoms with Gasteiger partial charge in [0.15, 0.2) is 5.78 Å². The molecule has 0 bridgehead atoms. The van der Waals surface area contributed by atoms with Crippen molar-refractivity contribution in [1.82, 2.24) is 9.55 Å². The molecule has 114 valence electrons. The van der Waals surface area contributed by atoms with E-state index in [1.54, 1.807) is 10.8 Å². The minimum atomic E-state index is -0.0808. The number of carbonyl (C=O) groups excluding carboxylic acids is 1. The number of imidazole rings is 1. The van der Waals surface area contributed by atoms with Gasteiger partial charge in [0, 0.05) is 19.0 Å². The van der Waals surface area contributed by atoms with Crippen molar-refractivity contribution in [3.63, 3.8) is 0 Å². The first kappa shape index (κ1) is 15.5. The largest absolute Gasteiger partial charge is 0.462 e. The van der Waals surface area contributed by atoms with Crippen molar-refractivity contribution in [2.24, 2.45) is 5.92 Å². The fraction of sp³-hybridized carbons (Fsp3) is 0.500. The van der Waals surface area contributed by atoms with E-state index in [0.717, 1.165) is 6.42 Å². The molecule has 0 spiro atoms. The lowest BCUT2D eigenvalue weighted by Gasteiger charge is -2.15. The van der Waals surface area contributed by atoms with Crippen LogP contribution in [0.3, 0.4) is 0 Å². The SMILES string of the molecule is CC(=O)c1cn(COCC2C=CC=CC2)c(OC(C)C)n1. The summed E-state index contributed by atoms with van der Waals surface area (Å²) in [4.78, 5) is 15.6. The number of rotatable bonds is 7. The van der Waals surface area contributed by atoms with Crippen LogP contribution >= 0.6 is 0 Å². The fourth-order valence-electron chi connectivity index (χ4n) is 2.02. The summed E-state index contributed by atoms with van der Waals surface area (Å²) in [5.41, 5.74) is 0.398. The third kappa shape index (κ3) is 4.56. The van der Waals surface area contributed by atoms with Crippen LogP contribution in [0.4, 0.5) is 0 Å². The summed E-state index contributed by atoms with van der Waals surface area (Å²) in [5, 5.41) is 0. The van der Waals surface area contributed by atoms with E-state index in [4.69, 9.17) is 9.47 Å². The Labute approximate surface area is 125 Å². The molecule has 1 heterocycles. The molecule has 21 heavy (non-hydrogen) atoms. The Kier molecular flexibility index (Phi) is 5.33. The standard InChI is InChI=1S/C16H22N2O3/c1-12(2)21-16-17-15(13(3)19)9-18(16)11-20-10-14-7-5-4-6-8-14/h4-7,9,12,14H,8,10-11H2,1-3H3. The predicted molar refractivity (Wildman–Crippen MR) is 80.3 cm³/mol. The Morgan fingerprint density at radius 2 is 2.29 bits per heavy atom. The smallest absolute Gasteiger partial charge is 0.299 e. The maximum atomic E-state index is 11.4. The normalized spacial score (nSPS) is 17.4. The molecule has 0 saturated carbocycles. The lowest BCUT2D eigenvalue weighted by Crippen LogP contribution is -2.14. The topological polar surface area (TPSA) is 53.4 Å². The van der Waals surface area contributed by atoms with Crippen LogP contribution in [0.15, 0.2) is 30.5 Å². The van der Waals surface area contributed by atoms with E-state index in [0.29, 0.717) is 31.0 Å². The van der Waals surface area contributed by atoms with E-state index < -0.39 is 0 Å². The van der Waals surface area contributed by atoms with Crippen LogP contribution in [0.5, 0.6) is 6.01 Å². The van der Waals surface area contributed by atoms with Crippen LogP contribution in [-0.2, 0) is 11.5 Å². The summed E-state index contributed by atoms with van der Waals surface area (Å²) >= 11 is 0. The predicted octanol–water partition coefficient (Wildman–Crippen LogP) is 2.98. The van der Waals surface area contributed by atoms with Crippen LogP contribution in [-0.4, -0.2) is 28.0 Å². The third-order valence-electron chi connectivity index (χ3n) is 3.07. The molecule has 0 aliphatic heterocycles. The third-order valence-corrected chi connectivity index (χ3v) is 3.07. The summed E-state index contributed by atoms with van der Waals surface area (Å²) in [6, 6.07) is 0.425. The first-order chi connectivity index (χ1) is 10.1. The number of aromatic nitrogens is 2. The van der Waals surface area contributed by atoms with Gasteiger partial charge in [-0.25, -0.2) is 0 Å². The molecule has 2 rings (SSSR count). The van der Waals surface area contributed by atoms with E-state index in [1.807, 2.05) is 26.0 Å². The maximum Gasteiger partial charge on any atom is 0.299 e. The maximum absolute atomic E-state index is 11.4. The average Bonchev–Trinajstić information content (AvgIpc) is 2.83. The van der Waals surface area contributed by atoms with Crippen LogP contribution in [0.25, 0.3) is 0 Å². The van der Waals surface area contributed by atoms with E-state index in [2.05, 4.69) is 17.1 Å². The Bertz CT molecular complexity index is 544. The zero-order valence-electron chi connectivity index (χ0n) is 12.8. The first-order valence-corrected chi connectivity index (χ1v) is 7.22. The first-order valence-electron chi connectivity index (χ1n) is 7.22. The Morgan fingerprint density at radius 3 is 2.90 bits per heavy atom. The number of ether oxygens (including phenoxy) is 2. The number of allylic oxidation sites excluding steroid dienone is 3. The molecule has 5 heteroatoms. The van der Waals surface area contributed by atoms with Crippen molar-refractivity contribution < 1.29 is 14.3 Å². The fourth-order valence-corrected chi connectivity index (χ4v) is 2.02. The van der Waals surface area contributed by atoms with Crippen molar-refractivity contribution in [2.75, 3.05) is 6.61 Å². The number of ketones is 1. The minimum Gasteiger partial charge on any atom is -0.462 e. The van der Waals surface area contributed by atoms with Gasteiger partial charge >= 0.3 is 0 Å². The van der Waals surface area contributed by atoms with Crippen molar-refractivity contribution in [1.29, 1.82) is 0 Å². The molecule has 0 amide bonds. The van der Waals surface area contributed by atoms with Gasteiger partial charge in [0.25, 0.3) is 6.01 Å². The van der Waals surface area contributed by atoms with Gasteiger partial charge in [-0.3, -0.25) is 9.36 Å². The van der Waals surface area contributed by atoms with Gasteiger partial charge in [-0.2, -0.15) is 4.98 Å². The molecule has 0 saturated heterocycles. The number of nitrogens with zero attached hydrogens (tertiary/aromatic N) is 2. The number of hydrogen-bond acceptors (Lipinski definition) is 4. The van der Waals surface area contributed by atoms with Gasteiger partial charge in [-0.1, -0.05) is 24.3 Å². The molecule has 5 nitrogen and oxygen atoms in total. The lowest BCUT2D eigenvalue weighted by atomic mass is 10.0. The highest BCUT2D eigenvalue weighted by Crippen LogP contribution is 2.16. The molecule has 1 atom stereocenters. The molecule has 1 aromatic rings. The molecule has 1 unspecified atom stereocenters. The van der Waals surface area contributed by atoms with Crippen molar-refractivity contribution in [2.45, 2.75) is 40.0 Å². The van der Waals surface area contributed by atoms with E-state index in [-0.39, 0.29) is 11.9 Å². The summed E-state index contributed by atoms with van der Waals surface area (Å²) < 4.78 is 13.1. The van der Waals surface area contributed by atoms with Crippen LogP contribution in [0.1, 0.15) is 37.7 Å². The van der Waals surface area contributed by atoms with Gasteiger partial charge in [0.1, 0.15) is 12.4 Å². The minimum absolute atomic E-state index is 0.00243. The van der Waals surface area contributed by atoms with E-state index in [9.17, 15) is 4.79 Å². The molecular formula is C16H22N2O3. The van der Waals surface area contributed by atoms with Crippen LogP contribution in [0, 0.1) is 5.92 Å². The van der Waals surface area contributed by atoms with E-state index >= 15 is 0 Å². The average molecular weight is 290 g/mol. The quantitative estimate of drug-likeness (QED) is 0.724. The molecule has 1 aliphatic carbocycles. The van der Waals surface area contributed by atoms with Gasteiger partial charge in [0.05, 0.1) is 12.7 Å². The van der Waals surface area contributed by atoms with Gasteiger partial charge in [-0.05, 0) is 20.3 Å². The molecule has 0 fully saturated rings. The Balaban J connectivity index is 1.95. The Morgan fingerprint density at radius 1 is 1.48 bits per heavy atom. The van der Waals surface area contributed by atoms with Crippen LogP contribution in [0.2, 0.25) is 0 Å². The molecule has 0 aromatic carbocycles. The summed E-state index contributed by atoms with van der Waals surface area (Å²) in [7, 11) is 0. The second kappa shape index (κ2) is 7.22. The summed E-state index contributed by atoms with van der Waals surface area (Å²) in [5.74, 6) is 0.322. The van der Waals surface area contributed by atoms with Gasteiger partial charge < -0.3 is 9.47 Å². The second-order valence-electron chi connectivity index (χ2n) is 5.41. The molecule has 1 aliphatic rings. The van der Waals surface area contributed by atoms with E-state index in [1.165, 1.54) is 6.92 Å². The number of carbonyl (C=O) groups is 1. The van der Waals surface area contributed by atoms with Gasteiger partial charge in [-0.15, -0.1) is 0 Å². The zero-order valence-corrected chi connectivity index (χ0v) is 12.8. The highest BCUT2D eigenvalue weighted by atomic mass is 16.5. The molecule has 1 aromatic heterocycles. The monoisotopic (exact) mass is 290 g/mol. The molecule has 0 N–H and O–H groups in total.